The van der Waals surface area contributed by atoms with Crippen LogP contribution in [0.5, 0.6) is 11.5 Å². The normalized spacial score (nSPS) is 10.5. The van der Waals surface area contributed by atoms with E-state index in [1.54, 1.807) is 30.5 Å². The Balaban J connectivity index is 2.25. The number of alkyl halides is 1. The minimum absolute atomic E-state index is 0.238. The van der Waals surface area contributed by atoms with Crippen LogP contribution in [0.2, 0.25) is 0 Å². The maximum atomic E-state index is 9.68. The van der Waals surface area contributed by atoms with Gasteiger partial charge < -0.3 is 10.2 Å². The Kier molecular flexibility index (Phi) is 6.08. The molecule has 26 heavy (non-hydrogen) atoms. The number of rotatable bonds is 6. The van der Waals surface area contributed by atoms with Gasteiger partial charge in [-0.05, 0) is 71.0 Å². The fourth-order valence-electron chi connectivity index (χ4n) is 2.97. The molecule has 132 valence electrons. The first-order chi connectivity index (χ1) is 12.7. The van der Waals surface area contributed by atoms with Gasteiger partial charge >= 0.3 is 0 Å². The number of aromatic hydroxyl groups is 2. The zero-order valence-electron chi connectivity index (χ0n) is 14.3. The highest BCUT2D eigenvalue weighted by Gasteiger charge is 2.14. The Hall–Kier alpha value is -2.59. The molecule has 2 aromatic carbocycles. The molecule has 3 aromatic rings. The van der Waals surface area contributed by atoms with E-state index in [4.69, 9.17) is 0 Å². The van der Waals surface area contributed by atoms with Gasteiger partial charge in [-0.25, -0.2) is 0 Å². The van der Waals surface area contributed by atoms with Crippen molar-refractivity contribution in [1.82, 2.24) is 4.98 Å². The van der Waals surface area contributed by atoms with Crippen LogP contribution in [0.3, 0.4) is 0 Å². The maximum Gasteiger partial charge on any atom is 0.115 e. The van der Waals surface area contributed by atoms with Gasteiger partial charge in [0, 0.05) is 17.7 Å². The predicted molar refractivity (Wildman–Crippen MR) is 109 cm³/mol. The molecule has 0 saturated heterocycles. The lowest BCUT2D eigenvalue weighted by atomic mass is 9.88. The fraction of sp³-hybridized carbons (Fsp3) is 0.136. The van der Waals surface area contributed by atoms with Gasteiger partial charge in [-0.2, -0.15) is 0 Å². The number of phenols is 2. The van der Waals surface area contributed by atoms with Crippen LogP contribution in [-0.2, 0) is 0 Å². The molecular formula is C22H20BrNO2. The third kappa shape index (κ3) is 4.33. The van der Waals surface area contributed by atoms with Crippen molar-refractivity contribution in [2.75, 3.05) is 5.33 Å². The van der Waals surface area contributed by atoms with Crippen LogP contribution in [0, 0.1) is 0 Å². The third-order valence-corrected chi connectivity index (χ3v) is 4.74. The second-order valence-electron chi connectivity index (χ2n) is 5.98. The number of aromatic nitrogens is 1. The minimum Gasteiger partial charge on any atom is -0.508 e. The van der Waals surface area contributed by atoms with Crippen molar-refractivity contribution in [2.45, 2.75) is 12.8 Å². The Bertz CT molecular complexity index is 825. The Morgan fingerprint density at radius 3 is 1.85 bits per heavy atom. The average Bonchev–Trinajstić information content (AvgIpc) is 2.68. The van der Waals surface area contributed by atoms with E-state index >= 15 is 0 Å². The molecule has 3 nitrogen and oxygen atoms in total. The summed E-state index contributed by atoms with van der Waals surface area (Å²) in [6, 6.07) is 18.5. The lowest BCUT2D eigenvalue weighted by Crippen LogP contribution is -1.97. The van der Waals surface area contributed by atoms with Gasteiger partial charge in [0.1, 0.15) is 11.5 Å². The van der Waals surface area contributed by atoms with Crippen LogP contribution in [0.1, 0.15) is 29.5 Å². The smallest absolute Gasteiger partial charge is 0.115 e. The van der Waals surface area contributed by atoms with E-state index in [0.717, 1.165) is 40.4 Å². The van der Waals surface area contributed by atoms with Crippen LogP contribution in [0.15, 0.2) is 73.1 Å². The molecule has 0 saturated carbocycles. The minimum atomic E-state index is 0.238. The van der Waals surface area contributed by atoms with Crippen LogP contribution >= 0.6 is 15.9 Å². The first kappa shape index (κ1) is 18.2. The van der Waals surface area contributed by atoms with Gasteiger partial charge in [-0.3, -0.25) is 4.98 Å². The summed E-state index contributed by atoms with van der Waals surface area (Å²) in [6.07, 6.45) is 5.52. The summed E-state index contributed by atoms with van der Waals surface area (Å²) >= 11 is 3.53. The highest BCUT2D eigenvalue weighted by atomic mass is 79.9. The molecule has 0 amide bonds. The van der Waals surface area contributed by atoms with Gasteiger partial charge in [0.2, 0.25) is 0 Å². The predicted octanol–water partition coefficient (Wildman–Crippen LogP) is 5.63. The van der Waals surface area contributed by atoms with E-state index in [-0.39, 0.29) is 11.5 Å². The SMILES string of the molecule is Oc1ccc(C(=C(CCCBr)c2cccnc2)c2ccc(O)cc2)cc1. The summed E-state index contributed by atoms with van der Waals surface area (Å²) in [5.41, 5.74) is 5.38. The second kappa shape index (κ2) is 8.68. The molecule has 3 rings (SSSR count). The van der Waals surface area contributed by atoms with Gasteiger partial charge in [-0.15, -0.1) is 0 Å². The van der Waals surface area contributed by atoms with Crippen LogP contribution in [0.4, 0.5) is 0 Å². The quantitative estimate of drug-likeness (QED) is 0.518. The molecule has 0 aliphatic heterocycles. The first-order valence-electron chi connectivity index (χ1n) is 8.47. The molecule has 0 unspecified atom stereocenters. The summed E-state index contributed by atoms with van der Waals surface area (Å²) in [5, 5.41) is 20.3. The van der Waals surface area contributed by atoms with E-state index in [0.29, 0.717) is 0 Å². The topological polar surface area (TPSA) is 53.4 Å². The summed E-state index contributed by atoms with van der Waals surface area (Å²) < 4.78 is 0. The summed E-state index contributed by atoms with van der Waals surface area (Å²) in [4.78, 5) is 4.29. The van der Waals surface area contributed by atoms with E-state index in [2.05, 4.69) is 27.0 Å². The van der Waals surface area contributed by atoms with Crippen LogP contribution in [-0.4, -0.2) is 20.5 Å². The Morgan fingerprint density at radius 2 is 1.38 bits per heavy atom. The number of pyridine rings is 1. The molecule has 0 aliphatic carbocycles. The van der Waals surface area contributed by atoms with Gasteiger partial charge in [-0.1, -0.05) is 46.3 Å². The lowest BCUT2D eigenvalue weighted by Gasteiger charge is -2.17. The second-order valence-corrected chi connectivity index (χ2v) is 6.77. The van der Waals surface area contributed by atoms with Crippen molar-refractivity contribution < 1.29 is 10.2 Å². The molecule has 0 bridgehead atoms. The first-order valence-corrected chi connectivity index (χ1v) is 9.59. The molecule has 0 aliphatic rings. The summed E-state index contributed by atoms with van der Waals surface area (Å²) in [6.45, 7) is 0. The molecule has 4 heteroatoms. The zero-order chi connectivity index (χ0) is 18.4. The number of halogens is 1. The van der Waals surface area contributed by atoms with Crippen molar-refractivity contribution in [3.05, 3.63) is 89.7 Å². The molecule has 1 aromatic heterocycles. The van der Waals surface area contributed by atoms with Crippen molar-refractivity contribution in [1.29, 1.82) is 0 Å². The van der Waals surface area contributed by atoms with Crippen LogP contribution < -0.4 is 0 Å². The monoisotopic (exact) mass is 409 g/mol. The highest BCUT2D eigenvalue weighted by molar-refractivity contribution is 9.09. The van der Waals surface area contributed by atoms with E-state index < -0.39 is 0 Å². The molecule has 0 spiro atoms. The summed E-state index contributed by atoms with van der Waals surface area (Å²) in [7, 11) is 0. The van der Waals surface area contributed by atoms with Crippen LogP contribution in [0.25, 0.3) is 11.1 Å². The third-order valence-electron chi connectivity index (χ3n) is 4.18. The average molecular weight is 410 g/mol. The number of allylic oxidation sites excluding steroid dienone is 1. The van der Waals surface area contributed by atoms with Gasteiger partial charge in [0.15, 0.2) is 0 Å². The van der Waals surface area contributed by atoms with E-state index in [1.807, 2.05) is 36.5 Å². The molecule has 1 heterocycles. The summed E-state index contributed by atoms with van der Waals surface area (Å²) in [5.74, 6) is 0.476. The van der Waals surface area contributed by atoms with E-state index in [1.165, 1.54) is 5.57 Å². The lowest BCUT2D eigenvalue weighted by molar-refractivity contribution is 0.475. The highest BCUT2D eigenvalue weighted by Crippen LogP contribution is 2.36. The maximum absolute atomic E-state index is 9.68. The van der Waals surface area contributed by atoms with Crippen molar-refractivity contribution >= 4 is 27.1 Å². The largest absolute Gasteiger partial charge is 0.508 e. The van der Waals surface area contributed by atoms with Crippen molar-refractivity contribution in [3.63, 3.8) is 0 Å². The number of phenolic OH excluding ortho intramolecular Hbond substituents is 2. The van der Waals surface area contributed by atoms with Crippen molar-refractivity contribution in [2.24, 2.45) is 0 Å². The van der Waals surface area contributed by atoms with Crippen molar-refractivity contribution in [3.8, 4) is 11.5 Å². The van der Waals surface area contributed by atoms with Gasteiger partial charge in [0.05, 0.1) is 0 Å². The fourth-order valence-corrected chi connectivity index (χ4v) is 3.25. The number of nitrogens with zero attached hydrogens (tertiary/aromatic N) is 1. The Labute approximate surface area is 161 Å². The zero-order valence-corrected chi connectivity index (χ0v) is 15.9. The Morgan fingerprint density at radius 1 is 0.808 bits per heavy atom. The number of hydrogen-bond acceptors (Lipinski definition) is 3. The van der Waals surface area contributed by atoms with E-state index in [9.17, 15) is 10.2 Å². The standard InChI is InChI=1S/C22H20BrNO2/c23-13-1-4-21(18-3-2-14-24-15-18)22(16-5-9-19(25)10-6-16)17-7-11-20(26)12-8-17/h2-3,5-12,14-15,25-26H,1,4,13H2. The molecule has 0 fully saturated rings. The van der Waals surface area contributed by atoms with Gasteiger partial charge in [0.25, 0.3) is 0 Å². The molecule has 0 radical (unpaired) electrons. The number of hydrogen-bond donors (Lipinski definition) is 2. The molecular weight excluding hydrogens is 390 g/mol. The molecule has 0 atom stereocenters. The molecule has 2 N–H and O–H groups in total. The number of benzene rings is 2.